The van der Waals surface area contributed by atoms with Crippen LogP contribution in [0.15, 0.2) is 22.7 Å². The van der Waals surface area contributed by atoms with E-state index in [1.165, 1.54) is 5.56 Å². The van der Waals surface area contributed by atoms with Crippen molar-refractivity contribution in [2.45, 2.75) is 33.1 Å². The van der Waals surface area contributed by atoms with E-state index in [9.17, 15) is 0 Å². The molecule has 0 bridgehead atoms. The highest BCUT2D eigenvalue weighted by Crippen LogP contribution is 2.35. The van der Waals surface area contributed by atoms with Crippen molar-refractivity contribution >= 4 is 15.9 Å². The van der Waals surface area contributed by atoms with Crippen LogP contribution in [0.4, 0.5) is 0 Å². The molecule has 0 saturated carbocycles. The standard InChI is InChI=1S/C12H17BrO/c1-5-14-10-8-6-7-9(11(10)13)12(2,3)4/h6-8H,5H2,1-4H3. The molecule has 1 nitrogen and oxygen atoms in total. The highest BCUT2D eigenvalue weighted by Gasteiger charge is 2.18. The Morgan fingerprint density at radius 2 is 1.93 bits per heavy atom. The molecule has 1 aromatic rings. The van der Waals surface area contributed by atoms with Crippen LogP contribution in [-0.4, -0.2) is 6.61 Å². The van der Waals surface area contributed by atoms with Gasteiger partial charge in [0.15, 0.2) is 0 Å². The van der Waals surface area contributed by atoms with E-state index in [0.717, 1.165) is 10.2 Å². The Hall–Kier alpha value is -0.500. The van der Waals surface area contributed by atoms with Crippen molar-refractivity contribution in [3.63, 3.8) is 0 Å². The van der Waals surface area contributed by atoms with E-state index in [-0.39, 0.29) is 5.41 Å². The van der Waals surface area contributed by atoms with Crippen molar-refractivity contribution in [2.24, 2.45) is 0 Å². The zero-order valence-electron chi connectivity index (χ0n) is 9.23. The molecule has 0 unspecified atom stereocenters. The van der Waals surface area contributed by atoms with Crippen LogP contribution in [0.5, 0.6) is 5.75 Å². The largest absolute Gasteiger partial charge is 0.493 e. The summed E-state index contributed by atoms with van der Waals surface area (Å²) >= 11 is 3.59. The second-order valence-electron chi connectivity index (χ2n) is 4.30. The SMILES string of the molecule is CCOc1cccc(C(C)(C)C)c1Br. The lowest BCUT2D eigenvalue weighted by molar-refractivity contribution is 0.336. The average molecular weight is 257 g/mol. The highest BCUT2D eigenvalue weighted by molar-refractivity contribution is 9.10. The van der Waals surface area contributed by atoms with Crippen molar-refractivity contribution < 1.29 is 4.74 Å². The molecular formula is C12H17BrO. The number of hydrogen-bond donors (Lipinski definition) is 0. The maximum Gasteiger partial charge on any atom is 0.133 e. The minimum atomic E-state index is 0.145. The number of benzene rings is 1. The van der Waals surface area contributed by atoms with Crippen LogP contribution in [0, 0.1) is 0 Å². The molecule has 0 fully saturated rings. The third-order valence-corrected chi connectivity index (χ3v) is 2.89. The molecule has 0 heterocycles. The molecule has 0 amide bonds. The first-order valence-corrected chi connectivity index (χ1v) is 5.68. The Bertz CT molecular complexity index is 313. The summed E-state index contributed by atoms with van der Waals surface area (Å²) in [6.07, 6.45) is 0. The van der Waals surface area contributed by atoms with E-state index in [4.69, 9.17) is 4.74 Å². The molecule has 0 N–H and O–H groups in total. The van der Waals surface area contributed by atoms with Gasteiger partial charge in [0.25, 0.3) is 0 Å². The molecule has 0 aliphatic heterocycles. The molecule has 0 aliphatic carbocycles. The minimum Gasteiger partial charge on any atom is -0.493 e. The van der Waals surface area contributed by atoms with Gasteiger partial charge in [0, 0.05) is 0 Å². The zero-order chi connectivity index (χ0) is 10.8. The molecule has 0 saturated heterocycles. The number of halogens is 1. The fourth-order valence-electron chi connectivity index (χ4n) is 1.36. The van der Waals surface area contributed by atoms with Crippen LogP contribution in [-0.2, 0) is 5.41 Å². The van der Waals surface area contributed by atoms with Gasteiger partial charge >= 0.3 is 0 Å². The van der Waals surface area contributed by atoms with Gasteiger partial charge in [-0.1, -0.05) is 32.9 Å². The Kier molecular flexibility index (Phi) is 3.59. The van der Waals surface area contributed by atoms with Crippen molar-refractivity contribution in [3.8, 4) is 5.75 Å². The molecule has 14 heavy (non-hydrogen) atoms. The Morgan fingerprint density at radius 3 is 2.43 bits per heavy atom. The summed E-state index contributed by atoms with van der Waals surface area (Å²) < 4.78 is 6.60. The Balaban J connectivity index is 3.14. The van der Waals surface area contributed by atoms with Gasteiger partial charge in [-0.2, -0.15) is 0 Å². The van der Waals surface area contributed by atoms with E-state index in [2.05, 4.69) is 42.8 Å². The third kappa shape index (κ3) is 2.50. The molecule has 2 heteroatoms. The van der Waals surface area contributed by atoms with Gasteiger partial charge in [-0.05, 0) is 39.9 Å². The maximum atomic E-state index is 5.53. The maximum absolute atomic E-state index is 5.53. The fraction of sp³-hybridized carbons (Fsp3) is 0.500. The topological polar surface area (TPSA) is 9.23 Å². The monoisotopic (exact) mass is 256 g/mol. The van der Waals surface area contributed by atoms with Crippen LogP contribution in [0.2, 0.25) is 0 Å². The fourth-order valence-corrected chi connectivity index (χ4v) is 2.33. The second kappa shape index (κ2) is 4.35. The summed E-state index contributed by atoms with van der Waals surface area (Å²) in [6.45, 7) is 9.29. The average Bonchev–Trinajstić information content (AvgIpc) is 2.07. The van der Waals surface area contributed by atoms with Gasteiger partial charge in [-0.25, -0.2) is 0 Å². The predicted molar refractivity (Wildman–Crippen MR) is 64.0 cm³/mol. The van der Waals surface area contributed by atoms with Crippen LogP contribution < -0.4 is 4.74 Å². The number of rotatable bonds is 2. The number of hydrogen-bond acceptors (Lipinski definition) is 1. The van der Waals surface area contributed by atoms with Gasteiger partial charge in [0.2, 0.25) is 0 Å². The van der Waals surface area contributed by atoms with Crippen molar-refractivity contribution in [1.82, 2.24) is 0 Å². The smallest absolute Gasteiger partial charge is 0.133 e. The molecule has 0 aromatic heterocycles. The van der Waals surface area contributed by atoms with Gasteiger partial charge in [0.05, 0.1) is 11.1 Å². The summed E-state index contributed by atoms with van der Waals surface area (Å²) in [6, 6.07) is 6.16. The van der Waals surface area contributed by atoms with Crippen LogP contribution >= 0.6 is 15.9 Å². The summed E-state index contributed by atoms with van der Waals surface area (Å²) in [5, 5.41) is 0. The molecular weight excluding hydrogens is 240 g/mol. The van der Waals surface area contributed by atoms with Crippen molar-refractivity contribution in [2.75, 3.05) is 6.61 Å². The van der Waals surface area contributed by atoms with E-state index < -0.39 is 0 Å². The summed E-state index contributed by atoms with van der Waals surface area (Å²) in [4.78, 5) is 0. The summed E-state index contributed by atoms with van der Waals surface area (Å²) in [5.74, 6) is 0.930. The first-order chi connectivity index (χ1) is 6.46. The molecule has 0 atom stereocenters. The van der Waals surface area contributed by atoms with Crippen molar-refractivity contribution in [1.29, 1.82) is 0 Å². The van der Waals surface area contributed by atoms with Gasteiger partial charge < -0.3 is 4.74 Å². The third-order valence-electron chi connectivity index (χ3n) is 2.07. The quantitative estimate of drug-likeness (QED) is 0.773. The van der Waals surface area contributed by atoms with Gasteiger partial charge in [-0.15, -0.1) is 0 Å². The Morgan fingerprint density at radius 1 is 1.29 bits per heavy atom. The van der Waals surface area contributed by atoms with Gasteiger partial charge in [-0.3, -0.25) is 0 Å². The lowest BCUT2D eigenvalue weighted by Crippen LogP contribution is -2.12. The van der Waals surface area contributed by atoms with Crippen molar-refractivity contribution in [3.05, 3.63) is 28.2 Å². The molecule has 78 valence electrons. The Labute approximate surface area is 94.6 Å². The van der Waals surface area contributed by atoms with E-state index >= 15 is 0 Å². The molecule has 1 aromatic carbocycles. The number of ether oxygens (including phenoxy) is 1. The lowest BCUT2D eigenvalue weighted by Gasteiger charge is -2.22. The van der Waals surface area contributed by atoms with Crippen LogP contribution in [0.25, 0.3) is 0 Å². The lowest BCUT2D eigenvalue weighted by atomic mass is 9.87. The zero-order valence-corrected chi connectivity index (χ0v) is 10.8. The van der Waals surface area contributed by atoms with E-state index in [1.807, 2.05) is 19.1 Å². The molecule has 0 spiro atoms. The van der Waals surface area contributed by atoms with Gasteiger partial charge in [0.1, 0.15) is 5.75 Å². The van der Waals surface area contributed by atoms with E-state index in [0.29, 0.717) is 6.61 Å². The first-order valence-electron chi connectivity index (χ1n) is 4.88. The summed E-state index contributed by atoms with van der Waals surface area (Å²) in [7, 11) is 0. The second-order valence-corrected chi connectivity index (χ2v) is 5.09. The predicted octanol–water partition coefficient (Wildman–Crippen LogP) is 4.15. The van der Waals surface area contributed by atoms with Crippen LogP contribution in [0.1, 0.15) is 33.3 Å². The molecule has 1 rings (SSSR count). The van der Waals surface area contributed by atoms with E-state index in [1.54, 1.807) is 0 Å². The summed E-state index contributed by atoms with van der Waals surface area (Å²) in [5.41, 5.74) is 1.43. The normalized spacial score (nSPS) is 11.5. The highest BCUT2D eigenvalue weighted by atomic mass is 79.9. The first kappa shape index (κ1) is 11.6. The molecule has 0 radical (unpaired) electrons. The minimum absolute atomic E-state index is 0.145. The van der Waals surface area contributed by atoms with Crippen LogP contribution in [0.3, 0.4) is 0 Å². The molecule has 0 aliphatic rings.